The van der Waals surface area contributed by atoms with Gasteiger partial charge in [0.2, 0.25) is 5.71 Å². The Morgan fingerprint density at radius 3 is 2.00 bits per heavy atom. The molecule has 0 saturated carbocycles. The Hall–Kier alpha value is -1.07. The molecular formula is C5H3F4N2. The van der Waals surface area contributed by atoms with E-state index in [0.717, 1.165) is 6.92 Å². The third-order valence-electron chi connectivity index (χ3n) is 1.09. The Morgan fingerprint density at radius 1 is 1.27 bits per heavy atom. The Balaban J connectivity index is 2.94. The SMILES string of the molecule is CC1=C(F)C(C(F)(F)F)=N[N]1. The van der Waals surface area contributed by atoms with Gasteiger partial charge in [-0.15, -0.1) is 5.10 Å². The molecule has 0 aromatic heterocycles. The monoisotopic (exact) mass is 167 g/mol. The average Bonchev–Trinajstić information content (AvgIpc) is 2.11. The van der Waals surface area contributed by atoms with Gasteiger partial charge in [0.1, 0.15) is 0 Å². The second kappa shape index (κ2) is 2.21. The predicted octanol–water partition coefficient (Wildman–Crippen LogP) is 1.72. The van der Waals surface area contributed by atoms with Gasteiger partial charge in [0.15, 0.2) is 5.83 Å². The fraction of sp³-hybridized carbons (Fsp3) is 0.400. The fourth-order valence-corrected chi connectivity index (χ4v) is 0.565. The first-order valence-corrected chi connectivity index (χ1v) is 2.65. The van der Waals surface area contributed by atoms with Crippen molar-refractivity contribution in [3.05, 3.63) is 11.5 Å². The van der Waals surface area contributed by atoms with Gasteiger partial charge in [-0.1, -0.05) is 0 Å². The number of nitrogens with zero attached hydrogens (tertiary/aromatic N) is 2. The summed E-state index contributed by atoms with van der Waals surface area (Å²) in [5.74, 6) is -1.39. The quantitative estimate of drug-likeness (QED) is 0.491. The van der Waals surface area contributed by atoms with E-state index >= 15 is 0 Å². The van der Waals surface area contributed by atoms with Crippen molar-refractivity contribution in [3.63, 3.8) is 0 Å². The molecule has 0 saturated heterocycles. The molecule has 0 fully saturated rings. The highest BCUT2D eigenvalue weighted by molar-refractivity contribution is 6.04. The first-order valence-electron chi connectivity index (χ1n) is 2.65. The number of hydrogen-bond donors (Lipinski definition) is 0. The summed E-state index contributed by atoms with van der Waals surface area (Å²) < 4.78 is 47.6. The van der Waals surface area contributed by atoms with Gasteiger partial charge in [-0.3, -0.25) is 0 Å². The molecular weight excluding hydrogens is 164 g/mol. The van der Waals surface area contributed by atoms with E-state index in [2.05, 4.69) is 10.5 Å². The van der Waals surface area contributed by atoms with Gasteiger partial charge in [0.25, 0.3) is 0 Å². The number of rotatable bonds is 0. The molecule has 0 spiro atoms. The maximum atomic E-state index is 12.4. The van der Waals surface area contributed by atoms with Crippen LogP contribution < -0.4 is 5.43 Å². The van der Waals surface area contributed by atoms with Crippen LogP contribution in [0.3, 0.4) is 0 Å². The molecule has 0 unspecified atom stereocenters. The largest absolute Gasteiger partial charge is 0.438 e. The van der Waals surface area contributed by atoms with Crippen molar-refractivity contribution in [2.24, 2.45) is 5.10 Å². The number of allylic oxidation sites excluding steroid dienone is 2. The smallest absolute Gasteiger partial charge is 0.202 e. The van der Waals surface area contributed by atoms with Crippen molar-refractivity contribution in [1.29, 1.82) is 0 Å². The standard InChI is InChI=1S/C5H3F4N2/c1-2-3(6)4(11-10-2)5(7,8)9/h1H3. The lowest BCUT2D eigenvalue weighted by molar-refractivity contribution is -0.0590. The molecule has 1 aliphatic rings. The molecule has 2 nitrogen and oxygen atoms in total. The van der Waals surface area contributed by atoms with Crippen LogP contribution in [0.1, 0.15) is 6.92 Å². The molecule has 0 aromatic carbocycles. The molecule has 0 amide bonds. The Bertz CT molecular complexity index is 237. The third-order valence-corrected chi connectivity index (χ3v) is 1.09. The van der Waals surface area contributed by atoms with Crippen molar-refractivity contribution in [2.45, 2.75) is 13.1 Å². The van der Waals surface area contributed by atoms with E-state index in [-0.39, 0.29) is 5.70 Å². The number of alkyl halides is 3. The summed E-state index contributed by atoms with van der Waals surface area (Å²) >= 11 is 0. The molecule has 1 heterocycles. The summed E-state index contributed by atoms with van der Waals surface area (Å²) in [5, 5.41) is 2.64. The van der Waals surface area contributed by atoms with Crippen molar-refractivity contribution in [2.75, 3.05) is 0 Å². The predicted molar refractivity (Wildman–Crippen MR) is 29.4 cm³/mol. The molecule has 61 valence electrons. The van der Waals surface area contributed by atoms with Crippen molar-refractivity contribution in [3.8, 4) is 0 Å². The van der Waals surface area contributed by atoms with Crippen LogP contribution in [0.2, 0.25) is 0 Å². The van der Waals surface area contributed by atoms with Crippen LogP contribution in [0.25, 0.3) is 0 Å². The zero-order chi connectivity index (χ0) is 8.65. The first-order chi connectivity index (χ1) is 4.93. The summed E-state index contributed by atoms with van der Waals surface area (Å²) in [6.45, 7) is 1.12. The normalized spacial score (nSPS) is 18.5. The molecule has 6 heteroatoms. The Morgan fingerprint density at radius 2 is 1.82 bits per heavy atom. The van der Waals surface area contributed by atoms with E-state index in [1.807, 2.05) is 0 Å². The van der Waals surface area contributed by atoms with E-state index in [9.17, 15) is 17.6 Å². The Kier molecular flexibility index (Phi) is 1.62. The summed E-state index contributed by atoms with van der Waals surface area (Å²) in [6.07, 6.45) is -4.74. The minimum absolute atomic E-state index is 0.336. The second-order valence-electron chi connectivity index (χ2n) is 1.95. The first kappa shape index (κ1) is 8.03. The van der Waals surface area contributed by atoms with E-state index in [1.54, 1.807) is 0 Å². The van der Waals surface area contributed by atoms with E-state index < -0.39 is 17.7 Å². The zero-order valence-corrected chi connectivity index (χ0v) is 5.41. The minimum Gasteiger partial charge on any atom is -0.202 e. The molecule has 0 aromatic rings. The molecule has 1 radical (unpaired) electrons. The number of halogens is 4. The molecule has 11 heavy (non-hydrogen) atoms. The maximum Gasteiger partial charge on any atom is 0.438 e. The van der Waals surface area contributed by atoms with Crippen LogP contribution in [0.4, 0.5) is 17.6 Å². The minimum atomic E-state index is -4.74. The number of hydrogen-bond acceptors (Lipinski definition) is 1. The van der Waals surface area contributed by atoms with Crippen LogP contribution in [-0.4, -0.2) is 11.9 Å². The van der Waals surface area contributed by atoms with Crippen molar-refractivity contribution in [1.82, 2.24) is 5.43 Å². The molecule has 0 aliphatic carbocycles. The van der Waals surface area contributed by atoms with Crippen LogP contribution in [0.5, 0.6) is 0 Å². The van der Waals surface area contributed by atoms with Crippen LogP contribution in [0, 0.1) is 0 Å². The Labute approximate surface area is 59.6 Å². The van der Waals surface area contributed by atoms with E-state index in [4.69, 9.17) is 0 Å². The zero-order valence-electron chi connectivity index (χ0n) is 5.41. The molecule has 0 bridgehead atoms. The molecule has 1 aliphatic heterocycles. The highest BCUT2D eigenvalue weighted by Gasteiger charge is 2.42. The van der Waals surface area contributed by atoms with Gasteiger partial charge >= 0.3 is 6.18 Å². The van der Waals surface area contributed by atoms with Gasteiger partial charge in [-0.25, -0.2) is 4.39 Å². The van der Waals surface area contributed by atoms with Crippen LogP contribution in [0.15, 0.2) is 16.6 Å². The summed E-state index contributed by atoms with van der Waals surface area (Å²) in [5.41, 5.74) is 1.06. The van der Waals surface area contributed by atoms with Crippen LogP contribution in [-0.2, 0) is 0 Å². The summed E-state index contributed by atoms with van der Waals surface area (Å²) in [7, 11) is 0. The van der Waals surface area contributed by atoms with Crippen molar-refractivity contribution >= 4 is 5.71 Å². The molecule has 0 N–H and O–H groups in total. The van der Waals surface area contributed by atoms with Crippen molar-refractivity contribution < 1.29 is 17.6 Å². The fourth-order valence-electron chi connectivity index (χ4n) is 0.565. The summed E-state index contributed by atoms with van der Waals surface area (Å²) in [4.78, 5) is 0. The van der Waals surface area contributed by atoms with E-state index in [1.165, 1.54) is 0 Å². The average molecular weight is 167 g/mol. The molecule has 1 rings (SSSR count). The van der Waals surface area contributed by atoms with Gasteiger partial charge in [-0.05, 0) is 6.92 Å². The highest BCUT2D eigenvalue weighted by atomic mass is 19.4. The van der Waals surface area contributed by atoms with Gasteiger partial charge in [0.05, 0.1) is 5.70 Å². The highest BCUT2D eigenvalue weighted by Crippen LogP contribution is 2.27. The molecule has 0 atom stereocenters. The lowest BCUT2D eigenvalue weighted by Gasteiger charge is -2.01. The lowest BCUT2D eigenvalue weighted by atomic mass is 10.3. The van der Waals surface area contributed by atoms with Gasteiger partial charge < -0.3 is 0 Å². The van der Waals surface area contributed by atoms with Gasteiger partial charge in [0, 0.05) is 0 Å². The van der Waals surface area contributed by atoms with Crippen LogP contribution >= 0.6 is 0 Å². The maximum absolute atomic E-state index is 12.4. The topological polar surface area (TPSA) is 26.5 Å². The van der Waals surface area contributed by atoms with Gasteiger partial charge in [-0.2, -0.15) is 18.6 Å². The third kappa shape index (κ3) is 1.33. The van der Waals surface area contributed by atoms with E-state index in [0.29, 0.717) is 0 Å². The lowest BCUT2D eigenvalue weighted by Crippen LogP contribution is -2.22. The second-order valence-corrected chi connectivity index (χ2v) is 1.95. The summed E-state index contributed by atoms with van der Waals surface area (Å²) in [6, 6.07) is 0.